The summed E-state index contributed by atoms with van der Waals surface area (Å²) < 4.78 is 0. The molecular formula is C19H34N2O. The lowest BCUT2D eigenvalue weighted by Gasteiger charge is -2.00. The molecule has 0 unspecified atom stereocenters. The smallest absolute Gasteiger partial charge is 0.232 e. The van der Waals surface area contributed by atoms with E-state index < -0.39 is 0 Å². The van der Waals surface area contributed by atoms with E-state index in [9.17, 15) is 4.79 Å². The molecule has 0 spiro atoms. The summed E-state index contributed by atoms with van der Waals surface area (Å²) in [6, 6.07) is 0. The van der Waals surface area contributed by atoms with Crippen LogP contribution in [-0.2, 0) is 4.79 Å². The molecule has 0 radical (unpaired) electrons. The first-order chi connectivity index (χ1) is 10.8. The zero-order valence-corrected chi connectivity index (χ0v) is 14.4. The molecule has 22 heavy (non-hydrogen) atoms. The molecule has 0 saturated carbocycles. The Bertz CT molecular complexity index is 318. The Balaban J connectivity index is 3.14. The second kappa shape index (κ2) is 17.8. The van der Waals surface area contributed by atoms with Crippen LogP contribution in [0.3, 0.4) is 0 Å². The van der Waals surface area contributed by atoms with E-state index in [0.717, 1.165) is 12.8 Å². The summed E-state index contributed by atoms with van der Waals surface area (Å²) in [4.78, 5) is 11.0. The maximum atomic E-state index is 11.0. The molecule has 0 rings (SSSR count). The van der Waals surface area contributed by atoms with Crippen molar-refractivity contribution in [1.29, 1.82) is 5.26 Å². The maximum absolute atomic E-state index is 11.0. The van der Waals surface area contributed by atoms with Crippen LogP contribution in [0.5, 0.6) is 0 Å². The van der Waals surface area contributed by atoms with Crippen molar-refractivity contribution in [3.63, 3.8) is 0 Å². The van der Waals surface area contributed by atoms with Crippen molar-refractivity contribution >= 4 is 5.91 Å². The van der Waals surface area contributed by atoms with Crippen molar-refractivity contribution in [3.8, 4) is 6.19 Å². The fourth-order valence-electron chi connectivity index (χ4n) is 2.48. The summed E-state index contributed by atoms with van der Waals surface area (Å²) in [7, 11) is 0. The highest BCUT2D eigenvalue weighted by molar-refractivity contribution is 5.77. The van der Waals surface area contributed by atoms with Crippen LogP contribution >= 0.6 is 0 Å². The Labute approximate surface area is 137 Å². The van der Waals surface area contributed by atoms with E-state index in [1.807, 2.05) is 0 Å². The van der Waals surface area contributed by atoms with E-state index >= 15 is 0 Å². The van der Waals surface area contributed by atoms with Gasteiger partial charge in [0.05, 0.1) is 0 Å². The first-order valence-electron chi connectivity index (χ1n) is 9.14. The fourth-order valence-corrected chi connectivity index (χ4v) is 2.48. The fraction of sp³-hybridized carbons (Fsp3) is 0.789. The van der Waals surface area contributed by atoms with Crippen molar-refractivity contribution in [3.05, 3.63) is 12.2 Å². The first kappa shape index (κ1) is 20.7. The van der Waals surface area contributed by atoms with Crippen molar-refractivity contribution < 1.29 is 4.79 Å². The van der Waals surface area contributed by atoms with Crippen LogP contribution in [0.25, 0.3) is 0 Å². The Morgan fingerprint density at radius 3 is 1.91 bits per heavy atom. The third-order valence-electron chi connectivity index (χ3n) is 3.86. The van der Waals surface area contributed by atoms with Gasteiger partial charge in [0.15, 0.2) is 6.19 Å². The molecule has 1 N–H and O–H groups in total. The van der Waals surface area contributed by atoms with E-state index in [4.69, 9.17) is 5.26 Å². The predicted octanol–water partition coefficient (Wildman–Crippen LogP) is 5.62. The van der Waals surface area contributed by atoms with E-state index in [1.54, 1.807) is 6.19 Å². The molecule has 0 heterocycles. The van der Waals surface area contributed by atoms with Crippen molar-refractivity contribution in [1.82, 2.24) is 5.32 Å². The molecule has 0 aliphatic heterocycles. The summed E-state index contributed by atoms with van der Waals surface area (Å²) in [5.41, 5.74) is 0. The molecule has 0 aliphatic rings. The van der Waals surface area contributed by atoms with Gasteiger partial charge in [0.2, 0.25) is 5.91 Å². The SMILES string of the molecule is CCCCCCCC/C=C\CCCCCCCC(=O)NC#N. The monoisotopic (exact) mass is 306 g/mol. The van der Waals surface area contributed by atoms with Crippen LogP contribution in [0.4, 0.5) is 0 Å². The van der Waals surface area contributed by atoms with Crippen molar-refractivity contribution in [2.24, 2.45) is 0 Å². The van der Waals surface area contributed by atoms with Crippen LogP contribution < -0.4 is 5.32 Å². The average Bonchev–Trinajstić information content (AvgIpc) is 2.51. The highest BCUT2D eigenvalue weighted by atomic mass is 16.1. The molecular weight excluding hydrogens is 272 g/mol. The normalized spacial score (nSPS) is 10.7. The lowest BCUT2D eigenvalue weighted by Crippen LogP contribution is -2.16. The molecule has 0 aromatic heterocycles. The average molecular weight is 306 g/mol. The van der Waals surface area contributed by atoms with Gasteiger partial charge >= 0.3 is 0 Å². The number of nitrogens with one attached hydrogen (secondary N) is 1. The molecule has 0 aromatic rings. The third kappa shape index (κ3) is 16.8. The van der Waals surface area contributed by atoms with Crippen LogP contribution in [0.15, 0.2) is 12.2 Å². The highest BCUT2D eigenvalue weighted by Crippen LogP contribution is 2.09. The molecule has 0 aromatic carbocycles. The Morgan fingerprint density at radius 2 is 1.36 bits per heavy atom. The number of unbranched alkanes of at least 4 members (excludes halogenated alkanes) is 11. The van der Waals surface area contributed by atoms with Crippen molar-refractivity contribution in [2.45, 2.75) is 96.8 Å². The first-order valence-corrected chi connectivity index (χ1v) is 9.14. The van der Waals surface area contributed by atoms with Crippen LogP contribution in [0, 0.1) is 11.5 Å². The van der Waals surface area contributed by atoms with E-state index in [0.29, 0.717) is 6.42 Å². The van der Waals surface area contributed by atoms with Gasteiger partial charge in [-0.3, -0.25) is 10.1 Å². The number of carbonyl (C=O) groups excluding carboxylic acids is 1. The molecule has 1 amide bonds. The van der Waals surface area contributed by atoms with Gasteiger partial charge in [0.25, 0.3) is 0 Å². The second-order valence-corrected chi connectivity index (χ2v) is 5.99. The van der Waals surface area contributed by atoms with Crippen LogP contribution in [0.1, 0.15) is 96.8 Å². The van der Waals surface area contributed by atoms with Crippen molar-refractivity contribution in [2.75, 3.05) is 0 Å². The van der Waals surface area contributed by atoms with E-state index in [2.05, 4.69) is 24.4 Å². The van der Waals surface area contributed by atoms with Gasteiger partial charge in [0, 0.05) is 6.42 Å². The minimum atomic E-state index is -0.153. The molecule has 126 valence electrons. The van der Waals surface area contributed by atoms with Gasteiger partial charge in [-0.2, -0.15) is 5.26 Å². The predicted molar refractivity (Wildman–Crippen MR) is 93.2 cm³/mol. The number of amides is 1. The van der Waals surface area contributed by atoms with Gasteiger partial charge in [-0.25, -0.2) is 0 Å². The van der Waals surface area contributed by atoms with Gasteiger partial charge in [-0.15, -0.1) is 0 Å². The van der Waals surface area contributed by atoms with E-state index in [-0.39, 0.29) is 5.91 Å². The molecule has 3 nitrogen and oxygen atoms in total. The Kier molecular flexibility index (Phi) is 16.7. The zero-order valence-electron chi connectivity index (χ0n) is 14.4. The van der Waals surface area contributed by atoms with Crippen LogP contribution in [-0.4, -0.2) is 5.91 Å². The molecule has 0 atom stereocenters. The number of rotatable bonds is 15. The molecule has 0 fully saturated rings. The largest absolute Gasteiger partial charge is 0.274 e. The number of hydrogen-bond donors (Lipinski definition) is 1. The molecule has 0 aliphatic carbocycles. The van der Waals surface area contributed by atoms with Gasteiger partial charge in [-0.1, -0.05) is 70.4 Å². The van der Waals surface area contributed by atoms with Gasteiger partial charge in [0.1, 0.15) is 0 Å². The molecule has 3 heteroatoms. The quantitative estimate of drug-likeness (QED) is 0.185. The minimum Gasteiger partial charge on any atom is -0.274 e. The summed E-state index contributed by atoms with van der Waals surface area (Å²) in [5, 5.41) is 10.4. The van der Waals surface area contributed by atoms with Crippen LogP contribution in [0.2, 0.25) is 0 Å². The lowest BCUT2D eigenvalue weighted by atomic mass is 10.1. The number of carbonyl (C=O) groups is 1. The second-order valence-electron chi connectivity index (χ2n) is 5.99. The zero-order chi connectivity index (χ0) is 16.3. The van der Waals surface area contributed by atoms with Gasteiger partial charge in [-0.05, 0) is 32.1 Å². The van der Waals surface area contributed by atoms with E-state index in [1.165, 1.54) is 70.6 Å². The Hall–Kier alpha value is -1.30. The lowest BCUT2D eigenvalue weighted by molar-refractivity contribution is -0.120. The number of nitrogens with zero attached hydrogens (tertiary/aromatic N) is 1. The Morgan fingerprint density at radius 1 is 0.864 bits per heavy atom. The number of allylic oxidation sites excluding steroid dienone is 2. The third-order valence-corrected chi connectivity index (χ3v) is 3.86. The summed E-state index contributed by atoms with van der Waals surface area (Å²) in [6.07, 6.45) is 23.1. The minimum absolute atomic E-state index is 0.153. The topological polar surface area (TPSA) is 52.9 Å². The number of hydrogen-bond acceptors (Lipinski definition) is 2. The van der Waals surface area contributed by atoms with Gasteiger partial charge < -0.3 is 0 Å². The highest BCUT2D eigenvalue weighted by Gasteiger charge is 1.98. The number of nitriles is 1. The summed E-state index contributed by atoms with van der Waals surface area (Å²) in [5.74, 6) is -0.153. The molecule has 0 bridgehead atoms. The standard InChI is InChI=1S/C19H34N2O/c1-2-3-4-5-6-7-8-9-10-11-12-13-14-15-16-17-19(22)21-18-20/h9-10H,2-8,11-17H2,1H3,(H,21,22)/b10-9-. The molecule has 0 saturated heterocycles. The summed E-state index contributed by atoms with van der Waals surface area (Å²) in [6.45, 7) is 2.26. The maximum Gasteiger partial charge on any atom is 0.232 e. The summed E-state index contributed by atoms with van der Waals surface area (Å²) >= 11 is 0.